The molecule has 0 aliphatic heterocycles. The zero-order valence-electron chi connectivity index (χ0n) is 14.6. The number of benzene rings is 2. The van der Waals surface area contributed by atoms with Crippen molar-refractivity contribution in [2.24, 2.45) is 0 Å². The Bertz CT molecular complexity index is 1100. The van der Waals surface area contributed by atoms with Crippen molar-refractivity contribution in [3.8, 4) is 17.2 Å². The van der Waals surface area contributed by atoms with Gasteiger partial charge in [-0.25, -0.2) is 4.98 Å². The fourth-order valence-corrected chi connectivity index (χ4v) is 3.73. The predicted octanol–water partition coefficient (Wildman–Crippen LogP) is 4.35. The minimum Gasteiger partial charge on any atom is -0.293 e. The molecule has 0 spiro atoms. The highest BCUT2D eigenvalue weighted by atomic mass is 35.5. The minimum atomic E-state index is -0.0701. The van der Waals surface area contributed by atoms with Gasteiger partial charge >= 0.3 is 0 Å². The van der Waals surface area contributed by atoms with Crippen molar-refractivity contribution in [2.75, 3.05) is 5.75 Å². The molecule has 4 rings (SSSR count). The first-order valence-corrected chi connectivity index (χ1v) is 9.78. The SMILES string of the molecule is O=C(CSc1nnc(-c2cnccn2)n1-c1ccccc1)c1ccccc1Cl. The van der Waals surface area contributed by atoms with Gasteiger partial charge in [-0.15, -0.1) is 10.2 Å². The molecule has 0 aliphatic rings. The fourth-order valence-electron chi connectivity index (χ4n) is 2.65. The molecule has 0 saturated heterocycles. The Morgan fingerprint density at radius 3 is 2.54 bits per heavy atom. The molecule has 0 radical (unpaired) electrons. The number of ketones is 1. The Morgan fingerprint density at radius 1 is 1.00 bits per heavy atom. The zero-order valence-corrected chi connectivity index (χ0v) is 16.1. The number of carbonyl (C=O) groups is 1. The minimum absolute atomic E-state index is 0.0701. The molecule has 28 heavy (non-hydrogen) atoms. The van der Waals surface area contributed by atoms with Crippen LogP contribution in [0.2, 0.25) is 5.02 Å². The maximum Gasteiger partial charge on any atom is 0.196 e. The van der Waals surface area contributed by atoms with Crippen molar-refractivity contribution in [3.05, 3.63) is 83.8 Å². The molecular weight excluding hydrogens is 394 g/mol. The van der Waals surface area contributed by atoms with Crippen molar-refractivity contribution < 1.29 is 4.79 Å². The molecule has 2 aromatic heterocycles. The summed E-state index contributed by atoms with van der Waals surface area (Å²) in [4.78, 5) is 21.0. The molecule has 2 aromatic carbocycles. The second-order valence-electron chi connectivity index (χ2n) is 5.76. The van der Waals surface area contributed by atoms with Crippen LogP contribution in [0.15, 0.2) is 78.3 Å². The summed E-state index contributed by atoms with van der Waals surface area (Å²) in [7, 11) is 0. The lowest BCUT2D eigenvalue weighted by molar-refractivity contribution is 0.102. The molecule has 0 N–H and O–H groups in total. The molecular formula is C20H14ClN5OS. The molecule has 0 aliphatic carbocycles. The van der Waals surface area contributed by atoms with Crippen molar-refractivity contribution >= 4 is 29.1 Å². The van der Waals surface area contributed by atoms with Crippen LogP contribution >= 0.6 is 23.4 Å². The standard InChI is InChI=1S/C20H14ClN5OS/c21-16-9-5-4-8-15(16)18(27)13-28-20-25-24-19(17-12-22-10-11-23-17)26(20)14-6-2-1-3-7-14/h1-12H,13H2. The van der Waals surface area contributed by atoms with E-state index in [9.17, 15) is 4.79 Å². The van der Waals surface area contributed by atoms with Gasteiger partial charge in [0.15, 0.2) is 16.8 Å². The second kappa shape index (κ2) is 8.33. The lowest BCUT2D eigenvalue weighted by Gasteiger charge is -2.09. The first-order chi connectivity index (χ1) is 13.7. The number of rotatable bonds is 6. The van der Waals surface area contributed by atoms with Gasteiger partial charge in [0.05, 0.1) is 17.0 Å². The van der Waals surface area contributed by atoms with Crippen molar-refractivity contribution in [1.82, 2.24) is 24.7 Å². The van der Waals surface area contributed by atoms with Crippen LogP contribution in [0.4, 0.5) is 0 Å². The number of para-hydroxylation sites is 1. The van der Waals surface area contributed by atoms with Crippen LogP contribution in [0.1, 0.15) is 10.4 Å². The first kappa shape index (κ1) is 18.3. The van der Waals surface area contributed by atoms with E-state index in [0.29, 0.717) is 27.3 Å². The molecule has 6 nitrogen and oxygen atoms in total. The van der Waals surface area contributed by atoms with E-state index in [4.69, 9.17) is 11.6 Å². The van der Waals surface area contributed by atoms with Crippen LogP contribution < -0.4 is 0 Å². The van der Waals surface area contributed by atoms with Gasteiger partial charge < -0.3 is 0 Å². The van der Waals surface area contributed by atoms with Gasteiger partial charge in [-0.05, 0) is 24.3 Å². The quantitative estimate of drug-likeness (QED) is 0.349. The number of hydrogen-bond donors (Lipinski definition) is 0. The Labute approximate surface area is 170 Å². The van der Waals surface area contributed by atoms with E-state index in [0.717, 1.165) is 5.69 Å². The Morgan fingerprint density at radius 2 is 1.79 bits per heavy atom. The fraction of sp³-hybridized carbons (Fsp3) is 0.0500. The van der Waals surface area contributed by atoms with Crippen LogP contribution in [0, 0.1) is 0 Å². The van der Waals surface area contributed by atoms with Gasteiger partial charge in [-0.3, -0.25) is 14.3 Å². The summed E-state index contributed by atoms with van der Waals surface area (Å²) < 4.78 is 1.87. The summed E-state index contributed by atoms with van der Waals surface area (Å²) in [5.41, 5.74) is 1.97. The van der Waals surface area contributed by atoms with E-state index in [1.54, 1.807) is 42.9 Å². The highest BCUT2D eigenvalue weighted by Gasteiger charge is 2.19. The molecule has 8 heteroatoms. The third-order valence-electron chi connectivity index (χ3n) is 3.95. The average Bonchev–Trinajstić information content (AvgIpc) is 3.17. The largest absolute Gasteiger partial charge is 0.293 e. The van der Waals surface area contributed by atoms with E-state index in [1.165, 1.54) is 11.8 Å². The Balaban J connectivity index is 1.67. The van der Waals surface area contributed by atoms with Crippen molar-refractivity contribution in [1.29, 1.82) is 0 Å². The second-order valence-corrected chi connectivity index (χ2v) is 7.11. The van der Waals surface area contributed by atoms with E-state index < -0.39 is 0 Å². The lowest BCUT2D eigenvalue weighted by Crippen LogP contribution is -2.05. The normalized spacial score (nSPS) is 10.8. The monoisotopic (exact) mass is 407 g/mol. The highest BCUT2D eigenvalue weighted by Crippen LogP contribution is 2.27. The summed E-state index contributed by atoms with van der Waals surface area (Å²) >= 11 is 7.44. The number of hydrogen-bond acceptors (Lipinski definition) is 6. The summed E-state index contributed by atoms with van der Waals surface area (Å²) in [5.74, 6) is 0.682. The van der Waals surface area contributed by atoms with Gasteiger partial charge in [0.1, 0.15) is 5.69 Å². The van der Waals surface area contributed by atoms with Crippen LogP contribution in [0.5, 0.6) is 0 Å². The van der Waals surface area contributed by atoms with Crippen LogP contribution in [-0.2, 0) is 0 Å². The van der Waals surface area contributed by atoms with Gasteiger partial charge in [0.25, 0.3) is 0 Å². The smallest absolute Gasteiger partial charge is 0.196 e. The molecule has 0 bridgehead atoms. The first-order valence-electron chi connectivity index (χ1n) is 8.42. The third-order valence-corrected chi connectivity index (χ3v) is 5.21. The number of carbonyl (C=O) groups excluding carboxylic acids is 1. The summed E-state index contributed by atoms with van der Waals surface area (Å²) in [6.45, 7) is 0. The number of nitrogens with zero attached hydrogens (tertiary/aromatic N) is 5. The number of thioether (sulfide) groups is 1. The molecule has 0 fully saturated rings. The molecule has 4 aromatic rings. The van der Waals surface area contributed by atoms with E-state index in [-0.39, 0.29) is 11.5 Å². The zero-order chi connectivity index (χ0) is 19.3. The van der Waals surface area contributed by atoms with Gasteiger partial charge in [-0.1, -0.05) is 53.7 Å². The van der Waals surface area contributed by atoms with Crippen molar-refractivity contribution in [3.63, 3.8) is 0 Å². The maximum atomic E-state index is 12.6. The van der Waals surface area contributed by atoms with Gasteiger partial charge in [0, 0.05) is 23.6 Å². The number of Topliss-reactive ketones (excluding diaryl/α,β-unsaturated/α-hetero) is 1. The maximum absolute atomic E-state index is 12.6. The summed E-state index contributed by atoms with van der Waals surface area (Å²) in [5, 5.41) is 9.60. The van der Waals surface area contributed by atoms with E-state index in [1.807, 2.05) is 34.9 Å². The lowest BCUT2D eigenvalue weighted by atomic mass is 10.1. The van der Waals surface area contributed by atoms with Gasteiger partial charge in [-0.2, -0.15) is 0 Å². The van der Waals surface area contributed by atoms with Crippen LogP contribution in [0.3, 0.4) is 0 Å². The van der Waals surface area contributed by atoms with E-state index in [2.05, 4.69) is 20.2 Å². The Hall–Kier alpha value is -3.03. The van der Waals surface area contributed by atoms with Crippen molar-refractivity contribution in [2.45, 2.75) is 5.16 Å². The topological polar surface area (TPSA) is 73.6 Å². The molecule has 0 saturated carbocycles. The summed E-state index contributed by atoms with van der Waals surface area (Å²) in [6.07, 6.45) is 4.84. The molecule has 0 atom stereocenters. The summed E-state index contributed by atoms with van der Waals surface area (Å²) in [6, 6.07) is 16.7. The third kappa shape index (κ3) is 3.81. The number of halogens is 1. The predicted molar refractivity (Wildman–Crippen MR) is 109 cm³/mol. The van der Waals surface area contributed by atoms with Gasteiger partial charge in [0.2, 0.25) is 0 Å². The highest BCUT2D eigenvalue weighted by molar-refractivity contribution is 7.99. The Kier molecular flexibility index (Phi) is 5.45. The van der Waals surface area contributed by atoms with E-state index >= 15 is 0 Å². The van der Waals surface area contributed by atoms with Crippen LogP contribution in [-0.4, -0.2) is 36.3 Å². The molecule has 138 valence electrons. The molecule has 0 unspecified atom stereocenters. The number of aromatic nitrogens is 5. The van der Waals surface area contributed by atoms with Crippen LogP contribution in [0.25, 0.3) is 17.2 Å². The average molecular weight is 408 g/mol. The molecule has 2 heterocycles. The molecule has 0 amide bonds.